The van der Waals surface area contributed by atoms with E-state index in [1.807, 2.05) is 0 Å². The molecule has 1 radical (unpaired) electrons. The van der Waals surface area contributed by atoms with Gasteiger partial charge in [0.25, 0.3) is 0 Å². The predicted molar refractivity (Wildman–Crippen MR) is 201 cm³/mol. The van der Waals surface area contributed by atoms with Crippen molar-refractivity contribution < 1.29 is 37.5 Å². The second-order valence-electron chi connectivity index (χ2n) is 14.2. The third-order valence-electron chi connectivity index (χ3n) is 6.72. The Kier molecular flexibility index (Phi) is 12.5. The van der Waals surface area contributed by atoms with Crippen LogP contribution in [0, 0.1) is 5.40 Å². The number of carbonyl (C=O) groups excluding carboxylic acids is 1. The maximum Gasteiger partial charge on any atom is 0.167 e. The number of hydrogen-bond donors (Lipinski definition) is 1. The summed E-state index contributed by atoms with van der Waals surface area (Å²) in [7, 11) is -10.3. The molecule has 45 heavy (non-hydrogen) atoms. The molecule has 0 aromatic heterocycles. The first-order valence-electron chi connectivity index (χ1n) is 15.3. The van der Waals surface area contributed by atoms with Gasteiger partial charge in [-0.3, -0.25) is 0 Å². The summed E-state index contributed by atoms with van der Waals surface area (Å²) in [4.78, 5) is 15.5. The molecule has 235 valence electrons. The maximum atomic E-state index is 15.5. The number of benzene rings is 4. The van der Waals surface area contributed by atoms with E-state index < -0.39 is 36.1 Å². The van der Waals surface area contributed by atoms with E-state index in [0.29, 0.717) is 0 Å². The van der Waals surface area contributed by atoms with E-state index in [1.165, 1.54) is 0 Å². The van der Waals surface area contributed by atoms with Crippen LogP contribution < -0.4 is 26.5 Å². The second-order valence-corrected chi connectivity index (χ2v) is 30.3. The first kappa shape index (κ1) is 37.7. The molecule has 0 bridgehead atoms. The number of amides is 1. The molecule has 1 N–H and O–H groups in total. The number of hydrogen-bond acceptors (Lipinski definition) is 3. The molecule has 0 unspecified atom stereocenters. The van der Waals surface area contributed by atoms with Gasteiger partial charge in [-0.25, -0.2) is 0 Å². The van der Waals surface area contributed by atoms with Crippen LogP contribution in [-0.4, -0.2) is 27.9 Å². The van der Waals surface area contributed by atoms with Crippen LogP contribution in [-0.2, 0) is 37.5 Å². The molecule has 0 saturated carbocycles. The zero-order valence-corrected chi connectivity index (χ0v) is 34.9. The minimum Gasteiger partial charge on any atom is -0.375 e. The van der Waals surface area contributed by atoms with E-state index in [4.69, 9.17) is 8.82 Å². The molecule has 4 aromatic carbocycles. The van der Waals surface area contributed by atoms with Crippen LogP contribution in [0.3, 0.4) is 0 Å². The summed E-state index contributed by atoms with van der Waals surface area (Å²) in [6.45, 7) is 19.9. The first-order valence-corrected chi connectivity index (χ1v) is 25.7. The van der Waals surface area contributed by atoms with Crippen LogP contribution >= 0.6 is 14.1 Å². The summed E-state index contributed by atoms with van der Waals surface area (Å²) in [5.74, 6) is -0.0522. The number of rotatable bonds is 9. The van der Waals surface area contributed by atoms with Gasteiger partial charge in [0.2, 0.25) is 0 Å². The van der Waals surface area contributed by atoms with Crippen molar-refractivity contribution in [2.24, 2.45) is 8.82 Å². The minimum absolute atomic E-state index is 0. The fraction of sp³-hybridized carbons (Fsp3) is 0.278. The first-order chi connectivity index (χ1) is 20.6. The van der Waals surface area contributed by atoms with Crippen LogP contribution in [0.25, 0.3) is 0 Å². The molecular formula is C36H48N3OP2Si2Y-. The largest absolute Gasteiger partial charge is 0.375 e. The summed E-state index contributed by atoms with van der Waals surface area (Å²) in [5, 5.41) is 8.67. The van der Waals surface area contributed by atoms with Crippen molar-refractivity contribution in [1.82, 2.24) is 5.32 Å². The van der Waals surface area contributed by atoms with Gasteiger partial charge in [-0.05, 0) is 42.0 Å². The van der Waals surface area contributed by atoms with Crippen molar-refractivity contribution in [1.29, 1.82) is 0 Å². The van der Waals surface area contributed by atoms with Gasteiger partial charge < -0.3 is 18.9 Å². The third kappa shape index (κ3) is 8.98. The Bertz CT molecular complexity index is 1460. The molecule has 4 aromatic rings. The average Bonchev–Trinajstić information content (AvgIpc) is 2.96. The second kappa shape index (κ2) is 15.0. The molecule has 0 saturated heterocycles. The Morgan fingerprint density at radius 3 is 1.00 bits per heavy atom. The number of carbonyl (C=O) groups is 1. The molecule has 1 amide bonds. The van der Waals surface area contributed by atoms with Crippen LogP contribution in [0.4, 0.5) is 0 Å². The van der Waals surface area contributed by atoms with Gasteiger partial charge in [0.1, 0.15) is 0 Å². The van der Waals surface area contributed by atoms with Crippen molar-refractivity contribution in [3.8, 4) is 0 Å². The van der Waals surface area contributed by atoms with E-state index in [1.54, 1.807) is 0 Å². The molecule has 0 atom stereocenters. The molecular weight excluding hydrogens is 697 g/mol. The van der Waals surface area contributed by atoms with E-state index in [2.05, 4.69) is 187 Å². The van der Waals surface area contributed by atoms with Crippen LogP contribution in [0.2, 0.25) is 39.3 Å². The molecule has 4 nitrogen and oxygen atoms in total. The van der Waals surface area contributed by atoms with Crippen LogP contribution in [0.5, 0.6) is 0 Å². The zero-order chi connectivity index (χ0) is 32.2. The van der Waals surface area contributed by atoms with Crippen molar-refractivity contribution in [2.75, 3.05) is 0 Å². The summed E-state index contributed by atoms with van der Waals surface area (Å²) in [6.07, 6.45) is 0. The predicted octanol–water partition coefficient (Wildman–Crippen LogP) is 8.76. The van der Waals surface area contributed by atoms with Gasteiger partial charge in [-0.2, -0.15) is 5.40 Å². The smallest absolute Gasteiger partial charge is 0.167 e. The van der Waals surface area contributed by atoms with Gasteiger partial charge in [0.15, 0.2) is 16.5 Å². The monoisotopic (exact) mass is 745 g/mol. The fourth-order valence-corrected chi connectivity index (χ4v) is 23.8. The topological polar surface area (TPSA) is 53.8 Å². The molecule has 0 aliphatic carbocycles. The Balaban J connectivity index is 0.00000552. The third-order valence-corrected chi connectivity index (χ3v) is 21.5. The van der Waals surface area contributed by atoms with Gasteiger partial charge in [-0.15, -0.1) is 0 Å². The molecule has 0 fully saturated rings. The Labute approximate surface area is 299 Å². The van der Waals surface area contributed by atoms with Crippen molar-refractivity contribution in [2.45, 2.75) is 65.6 Å². The normalized spacial score (nSPS) is 12.5. The van der Waals surface area contributed by atoms with Crippen molar-refractivity contribution >= 4 is 57.7 Å². The zero-order valence-electron chi connectivity index (χ0n) is 28.3. The number of nitrogens with zero attached hydrogens (tertiary/aromatic N) is 2. The fourth-order valence-electron chi connectivity index (χ4n) is 5.49. The van der Waals surface area contributed by atoms with Crippen molar-refractivity contribution in [3.63, 3.8) is 0 Å². The van der Waals surface area contributed by atoms with Crippen LogP contribution in [0.1, 0.15) is 20.8 Å². The Morgan fingerprint density at radius 1 is 0.556 bits per heavy atom. The van der Waals surface area contributed by atoms with E-state index in [9.17, 15) is 0 Å². The quantitative estimate of drug-likeness (QED) is 0.104. The Hall–Kier alpha value is -1.78. The van der Waals surface area contributed by atoms with Gasteiger partial charge in [0.05, 0.1) is 5.91 Å². The van der Waals surface area contributed by atoms with E-state index >= 15 is 4.79 Å². The molecule has 0 spiro atoms. The summed E-state index contributed by atoms with van der Waals surface area (Å²) in [6, 6.07) is 42.4. The molecule has 9 heteroatoms. The summed E-state index contributed by atoms with van der Waals surface area (Å²) >= 11 is 0. The summed E-state index contributed by atoms with van der Waals surface area (Å²) in [5.41, 5.74) is -0.466. The van der Waals surface area contributed by atoms with Crippen molar-refractivity contribution in [3.05, 3.63) is 127 Å². The molecule has 0 aliphatic rings. The van der Waals surface area contributed by atoms with Gasteiger partial charge in [0, 0.05) is 38.2 Å². The summed E-state index contributed by atoms with van der Waals surface area (Å²) < 4.78 is 12.0. The molecule has 4 rings (SSSR count). The minimum atomic E-state index is -2.94. The standard InChI is InChI=1S/C36H48N3OP2Si2.Y/c1-36(2,3)37-34(40)35(41(38-43(4,5)6,30-22-14-10-15-23-30)31-24-16-11-17-25-31)42(39-44(7,8)9,32-26-18-12-19-27-32)33-28-20-13-21-29-33;/h10-29H,1-9H3,(H,37,40);/q-1;. The Morgan fingerprint density at radius 2 is 0.800 bits per heavy atom. The van der Waals surface area contributed by atoms with E-state index in [-0.39, 0.29) is 38.6 Å². The van der Waals surface area contributed by atoms with E-state index in [0.717, 1.165) is 26.6 Å². The van der Waals surface area contributed by atoms with Crippen LogP contribution in [0.15, 0.2) is 130 Å². The SMILES string of the molecule is CC(C)(C)NC(=O)[C-](P(=N[Si](C)(C)C)(c1ccccc1)c1ccccc1)P(=N[Si](C)(C)C)(c1ccccc1)c1ccccc1.[Y]. The van der Waals surface area contributed by atoms with Gasteiger partial charge >= 0.3 is 0 Å². The maximum absolute atomic E-state index is 15.5. The average molecular weight is 746 g/mol. The molecule has 0 aliphatic heterocycles. The number of nitrogens with one attached hydrogen (secondary N) is 1. The molecule has 0 heterocycles. The van der Waals surface area contributed by atoms with Gasteiger partial charge in [-0.1, -0.05) is 175 Å².